The highest BCUT2D eigenvalue weighted by molar-refractivity contribution is 9.10. The lowest BCUT2D eigenvalue weighted by atomic mass is 9.72. The topological polar surface area (TPSA) is 35.5 Å². The molecule has 4 heteroatoms. The van der Waals surface area contributed by atoms with Gasteiger partial charge in [0.05, 0.1) is 13.2 Å². The zero-order valence-electron chi connectivity index (χ0n) is 11.4. The van der Waals surface area contributed by atoms with Crippen LogP contribution in [0.2, 0.25) is 0 Å². The van der Waals surface area contributed by atoms with E-state index in [1.807, 2.05) is 18.2 Å². The zero-order chi connectivity index (χ0) is 14.0. The highest BCUT2D eigenvalue weighted by atomic mass is 79.9. The van der Waals surface area contributed by atoms with Crippen molar-refractivity contribution in [3.8, 4) is 0 Å². The van der Waals surface area contributed by atoms with E-state index in [9.17, 15) is 4.79 Å². The Labute approximate surface area is 127 Å². The van der Waals surface area contributed by atoms with Crippen LogP contribution in [0.3, 0.4) is 0 Å². The van der Waals surface area contributed by atoms with Crippen molar-refractivity contribution < 1.29 is 14.3 Å². The van der Waals surface area contributed by atoms with Gasteiger partial charge in [-0.1, -0.05) is 34.1 Å². The summed E-state index contributed by atoms with van der Waals surface area (Å²) in [6.07, 6.45) is 4.73. The van der Waals surface area contributed by atoms with Crippen molar-refractivity contribution in [3.63, 3.8) is 0 Å². The molecule has 108 valence electrons. The van der Waals surface area contributed by atoms with E-state index >= 15 is 0 Å². The molecule has 2 aliphatic rings. The number of hydrogen-bond donors (Lipinski definition) is 0. The van der Waals surface area contributed by atoms with Crippen molar-refractivity contribution in [3.05, 3.63) is 34.3 Å². The predicted molar refractivity (Wildman–Crippen MR) is 79.4 cm³/mol. The Morgan fingerprint density at radius 3 is 2.75 bits per heavy atom. The van der Waals surface area contributed by atoms with Crippen LogP contribution < -0.4 is 0 Å². The molecule has 0 N–H and O–H groups in total. The van der Waals surface area contributed by atoms with Gasteiger partial charge >= 0.3 is 0 Å². The van der Waals surface area contributed by atoms with Gasteiger partial charge in [-0.2, -0.15) is 0 Å². The summed E-state index contributed by atoms with van der Waals surface area (Å²) in [7, 11) is 0. The van der Waals surface area contributed by atoms with Gasteiger partial charge in [-0.3, -0.25) is 0 Å². The smallest absolute Gasteiger partial charge is 0.172 e. The van der Waals surface area contributed by atoms with Crippen LogP contribution in [0.1, 0.15) is 24.8 Å². The molecule has 0 unspecified atom stereocenters. The third kappa shape index (κ3) is 2.57. The van der Waals surface area contributed by atoms with Crippen LogP contribution in [-0.2, 0) is 20.7 Å². The fourth-order valence-corrected chi connectivity index (χ4v) is 3.94. The van der Waals surface area contributed by atoms with Crippen molar-refractivity contribution in [2.75, 3.05) is 13.2 Å². The molecule has 20 heavy (non-hydrogen) atoms. The first-order valence-corrected chi connectivity index (χ1v) is 8.01. The minimum absolute atomic E-state index is 0.0222. The molecule has 1 aliphatic carbocycles. The summed E-state index contributed by atoms with van der Waals surface area (Å²) >= 11 is 3.59. The predicted octanol–water partition coefficient (Wildman–Crippen LogP) is 3.35. The van der Waals surface area contributed by atoms with Gasteiger partial charge < -0.3 is 14.3 Å². The lowest BCUT2D eigenvalue weighted by Gasteiger charge is -2.42. The van der Waals surface area contributed by atoms with E-state index in [0.717, 1.165) is 36.4 Å². The maximum atomic E-state index is 11.5. The first-order valence-electron chi connectivity index (χ1n) is 7.22. The lowest BCUT2D eigenvalue weighted by molar-refractivity contribution is -0.223. The second kappa shape index (κ2) is 5.96. The molecule has 1 saturated carbocycles. The average Bonchev–Trinajstić information content (AvgIpc) is 2.92. The molecule has 1 saturated heterocycles. The summed E-state index contributed by atoms with van der Waals surface area (Å²) < 4.78 is 13.0. The Balaban J connectivity index is 1.89. The fraction of sp³-hybridized carbons (Fsp3) is 0.562. The molecule has 1 aliphatic heterocycles. The molecule has 2 atom stereocenters. The first kappa shape index (κ1) is 14.2. The molecule has 0 bridgehead atoms. The molecule has 0 radical (unpaired) electrons. The third-order valence-electron chi connectivity index (χ3n) is 4.49. The van der Waals surface area contributed by atoms with Gasteiger partial charge in [0.15, 0.2) is 5.79 Å². The number of ether oxygens (including phenoxy) is 2. The van der Waals surface area contributed by atoms with Crippen LogP contribution in [0.4, 0.5) is 0 Å². The van der Waals surface area contributed by atoms with Gasteiger partial charge in [0, 0.05) is 22.7 Å². The molecule has 0 amide bonds. The van der Waals surface area contributed by atoms with Crippen molar-refractivity contribution >= 4 is 22.2 Å². The largest absolute Gasteiger partial charge is 0.347 e. The van der Waals surface area contributed by atoms with Gasteiger partial charge in [-0.05, 0) is 30.9 Å². The molecular weight excluding hydrogens is 320 g/mol. The Morgan fingerprint density at radius 2 is 2.05 bits per heavy atom. The molecule has 1 spiro atoms. The van der Waals surface area contributed by atoms with Gasteiger partial charge in [0.1, 0.15) is 6.29 Å². The van der Waals surface area contributed by atoms with Crippen LogP contribution in [0, 0.1) is 11.8 Å². The average molecular weight is 339 g/mol. The maximum Gasteiger partial charge on any atom is 0.172 e. The summed E-state index contributed by atoms with van der Waals surface area (Å²) in [6.45, 7) is 1.27. The highest BCUT2D eigenvalue weighted by Crippen LogP contribution is 2.45. The van der Waals surface area contributed by atoms with Crippen LogP contribution >= 0.6 is 15.9 Å². The Bertz CT molecular complexity index is 482. The maximum absolute atomic E-state index is 11.5. The van der Waals surface area contributed by atoms with Crippen molar-refractivity contribution in [2.45, 2.75) is 31.5 Å². The molecule has 3 nitrogen and oxygen atoms in total. The van der Waals surface area contributed by atoms with E-state index in [1.165, 1.54) is 5.56 Å². The summed E-state index contributed by atoms with van der Waals surface area (Å²) in [5, 5.41) is 0. The summed E-state index contributed by atoms with van der Waals surface area (Å²) in [6, 6.07) is 8.17. The lowest BCUT2D eigenvalue weighted by Crippen LogP contribution is -2.47. The third-order valence-corrected chi connectivity index (χ3v) is 5.27. The van der Waals surface area contributed by atoms with Crippen LogP contribution in [0.5, 0.6) is 0 Å². The van der Waals surface area contributed by atoms with Crippen molar-refractivity contribution in [1.29, 1.82) is 0 Å². The second-order valence-electron chi connectivity index (χ2n) is 5.60. The highest BCUT2D eigenvalue weighted by Gasteiger charge is 2.49. The SMILES string of the molecule is O=C[C@H]1CCCC2(OCCO2)[C@H]1Cc1ccccc1Br. The zero-order valence-corrected chi connectivity index (χ0v) is 13.0. The summed E-state index contributed by atoms with van der Waals surface area (Å²) in [5.74, 6) is -0.414. The number of benzene rings is 1. The number of carbonyl (C=O) groups is 1. The van der Waals surface area contributed by atoms with Gasteiger partial charge in [0.2, 0.25) is 0 Å². The number of carbonyl (C=O) groups excluding carboxylic acids is 1. The van der Waals surface area contributed by atoms with E-state index in [2.05, 4.69) is 22.0 Å². The quantitative estimate of drug-likeness (QED) is 0.793. The number of aldehydes is 1. The second-order valence-corrected chi connectivity index (χ2v) is 6.46. The molecule has 1 heterocycles. The molecule has 1 aromatic rings. The first-order chi connectivity index (χ1) is 9.75. The minimum Gasteiger partial charge on any atom is -0.347 e. The van der Waals surface area contributed by atoms with Crippen LogP contribution in [0.25, 0.3) is 0 Å². The van der Waals surface area contributed by atoms with Crippen LogP contribution in [-0.4, -0.2) is 25.3 Å². The normalized spacial score (nSPS) is 28.6. The Morgan fingerprint density at radius 1 is 1.30 bits per heavy atom. The summed E-state index contributed by atoms with van der Waals surface area (Å²) in [4.78, 5) is 11.5. The van der Waals surface area contributed by atoms with Gasteiger partial charge in [0.25, 0.3) is 0 Å². The number of halogens is 1. The molecule has 2 fully saturated rings. The molecule has 3 rings (SSSR count). The van der Waals surface area contributed by atoms with E-state index in [1.54, 1.807) is 0 Å². The van der Waals surface area contributed by atoms with Crippen molar-refractivity contribution in [2.24, 2.45) is 11.8 Å². The number of hydrogen-bond acceptors (Lipinski definition) is 3. The molecule has 1 aromatic carbocycles. The Kier molecular flexibility index (Phi) is 4.24. The van der Waals surface area contributed by atoms with E-state index in [0.29, 0.717) is 13.2 Å². The van der Waals surface area contributed by atoms with Gasteiger partial charge in [-0.25, -0.2) is 0 Å². The van der Waals surface area contributed by atoms with E-state index in [-0.39, 0.29) is 11.8 Å². The molecule has 0 aromatic heterocycles. The minimum atomic E-state index is -0.543. The number of rotatable bonds is 3. The van der Waals surface area contributed by atoms with Gasteiger partial charge in [-0.15, -0.1) is 0 Å². The monoisotopic (exact) mass is 338 g/mol. The van der Waals surface area contributed by atoms with E-state index < -0.39 is 5.79 Å². The Hall–Kier alpha value is -0.710. The molecular formula is C16H19BrO3. The van der Waals surface area contributed by atoms with Crippen LogP contribution in [0.15, 0.2) is 28.7 Å². The fourth-order valence-electron chi connectivity index (χ4n) is 3.50. The van der Waals surface area contributed by atoms with Crippen molar-refractivity contribution in [1.82, 2.24) is 0 Å². The van der Waals surface area contributed by atoms with E-state index in [4.69, 9.17) is 9.47 Å². The standard InChI is InChI=1S/C16H19BrO3/c17-15-6-2-1-4-12(15)10-14-13(11-18)5-3-7-16(14)19-8-9-20-16/h1-2,4,6,11,13-14H,3,5,7-10H2/t13-,14+/m1/s1. The summed E-state index contributed by atoms with van der Waals surface area (Å²) in [5.41, 5.74) is 1.21.